The van der Waals surface area contributed by atoms with Gasteiger partial charge in [0.25, 0.3) is 0 Å². The summed E-state index contributed by atoms with van der Waals surface area (Å²) in [7, 11) is 0. The average molecular weight is 255 g/mol. The fourth-order valence-corrected chi connectivity index (χ4v) is 3.59. The second-order valence-electron chi connectivity index (χ2n) is 4.66. The zero-order valence-corrected chi connectivity index (χ0v) is 11.1. The maximum Gasteiger partial charge on any atom is 0.0331 e. The van der Waals surface area contributed by atoms with E-state index in [-0.39, 0.29) is 0 Å². The molecule has 2 heteroatoms. The van der Waals surface area contributed by atoms with Gasteiger partial charge >= 0.3 is 0 Å². The number of hydrogen-bond donors (Lipinski definition) is 1. The Labute approximate surface area is 113 Å². The summed E-state index contributed by atoms with van der Waals surface area (Å²) < 4.78 is 0. The van der Waals surface area contributed by atoms with E-state index in [1.807, 2.05) is 11.8 Å². The SMILES string of the molecule is c1ccc(S[C@@H]2CN[C@@H](c3ccccc3)C2)cc1. The van der Waals surface area contributed by atoms with Crippen LogP contribution in [0.1, 0.15) is 18.0 Å². The molecule has 0 amide bonds. The molecule has 2 aromatic rings. The van der Waals surface area contributed by atoms with Gasteiger partial charge in [-0.1, -0.05) is 48.5 Å². The van der Waals surface area contributed by atoms with Crippen molar-refractivity contribution in [2.45, 2.75) is 22.6 Å². The van der Waals surface area contributed by atoms with Crippen molar-refractivity contribution in [2.24, 2.45) is 0 Å². The first kappa shape index (κ1) is 11.8. The average Bonchev–Trinajstić information content (AvgIpc) is 2.89. The molecule has 0 aromatic heterocycles. The number of benzene rings is 2. The molecule has 0 unspecified atom stereocenters. The van der Waals surface area contributed by atoms with E-state index in [0.717, 1.165) is 6.54 Å². The molecule has 1 aliphatic rings. The van der Waals surface area contributed by atoms with Crippen LogP contribution in [0, 0.1) is 0 Å². The van der Waals surface area contributed by atoms with Gasteiger partial charge in [0.1, 0.15) is 0 Å². The lowest BCUT2D eigenvalue weighted by molar-refractivity contribution is 0.648. The van der Waals surface area contributed by atoms with Gasteiger partial charge < -0.3 is 5.32 Å². The van der Waals surface area contributed by atoms with Crippen LogP contribution in [0.25, 0.3) is 0 Å². The second-order valence-corrected chi connectivity index (χ2v) is 6.03. The number of thioether (sulfide) groups is 1. The van der Waals surface area contributed by atoms with Crippen LogP contribution >= 0.6 is 11.8 Å². The molecule has 1 heterocycles. The minimum atomic E-state index is 0.521. The molecule has 18 heavy (non-hydrogen) atoms. The molecule has 0 radical (unpaired) electrons. The highest BCUT2D eigenvalue weighted by atomic mass is 32.2. The Morgan fingerprint density at radius 2 is 1.56 bits per heavy atom. The van der Waals surface area contributed by atoms with Gasteiger partial charge in [-0.2, -0.15) is 0 Å². The van der Waals surface area contributed by atoms with Crippen molar-refractivity contribution in [1.82, 2.24) is 5.32 Å². The van der Waals surface area contributed by atoms with Gasteiger partial charge in [0, 0.05) is 22.7 Å². The first-order valence-electron chi connectivity index (χ1n) is 6.42. The number of nitrogens with one attached hydrogen (secondary N) is 1. The molecular weight excluding hydrogens is 238 g/mol. The molecule has 0 bridgehead atoms. The van der Waals surface area contributed by atoms with Crippen LogP contribution in [-0.4, -0.2) is 11.8 Å². The molecular formula is C16H17NS. The topological polar surface area (TPSA) is 12.0 Å². The third-order valence-electron chi connectivity index (χ3n) is 3.34. The molecule has 1 fully saturated rings. The predicted octanol–water partition coefficient (Wildman–Crippen LogP) is 3.88. The summed E-state index contributed by atoms with van der Waals surface area (Å²) in [5.74, 6) is 0. The third-order valence-corrected chi connectivity index (χ3v) is 4.58. The highest BCUT2D eigenvalue weighted by molar-refractivity contribution is 8.00. The fraction of sp³-hybridized carbons (Fsp3) is 0.250. The maximum absolute atomic E-state index is 3.62. The molecule has 1 nitrogen and oxygen atoms in total. The quantitative estimate of drug-likeness (QED) is 0.893. The Balaban J connectivity index is 1.62. The zero-order chi connectivity index (χ0) is 12.2. The largest absolute Gasteiger partial charge is 0.309 e. The Hall–Kier alpha value is -1.25. The Morgan fingerprint density at radius 1 is 0.889 bits per heavy atom. The van der Waals surface area contributed by atoms with E-state index >= 15 is 0 Å². The molecule has 1 aliphatic heterocycles. The number of rotatable bonds is 3. The molecule has 0 spiro atoms. The van der Waals surface area contributed by atoms with Crippen molar-refractivity contribution < 1.29 is 0 Å². The van der Waals surface area contributed by atoms with Crippen LogP contribution in [0.2, 0.25) is 0 Å². The van der Waals surface area contributed by atoms with E-state index in [2.05, 4.69) is 66.0 Å². The molecule has 2 atom stereocenters. The summed E-state index contributed by atoms with van der Waals surface area (Å²) in [5.41, 5.74) is 1.41. The van der Waals surface area contributed by atoms with E-state index in [1.54, 1.807) is 0 Å². The maximum atomic E-state index is 3.62. The third kappa shape index (κ3) is 2.77. The van der Waals surface area contributed by atoms with E-state index in [1.165, 1.54) is 16.9 Å². The highest BCUT2D eigenvalue weighted by Crippen LogP contribution is 2.33. The zero-order valence-electron chi connectivity index (χ0n) is 10.3. The van der Waals surface area contributed by atoms with Crippen molar-refractivity contribution in [1.29, 1.82) is 0 Å². The van der Waals surface area contributed by atoms with Crippen molar-refractivity contribution in [2.75, 3.05) is 6.54 Å². The standard InChI is InChI=1S/C16H17NS/c1-3-7-13(8-4-1)16-11-15(12-17-16)18-14-9-5-2-6-10-14/h1-10,15-17H,11-12H2/t15-,16+/m0/s1. The summed E-state index contributed by atoms with van der Waals surface area (Å²) in [4.78, 5) is 1.37. The molecule has 2 aromatic carbocycles. The fourth-order valence-electron chi connectivity index (χ4n) is 2.42. The first-order valence-corrected chi connectivity index (χ1v) is 7.30. The number of hydrogen-bond acceptors (Lipinski definition) is 2. The van der Waals surface area contributed by atoms with Crippen LogP contribution in [-0.2, 0) is 0 Å². The van der Waals surface area contributed by atoms with E-state index in [9.17, 15) is 0 Å². The first-order chi connectivity index (χ1) is 8.92. The van der Waals surface area contributed by atoms with Crippen molar-refractivity contribution in [3.8, 4) is 0 Å². The van der Waals surface area contributed by atoms with Crippen LogP contribution in [0.4, 0.5) is 0 Å². The van der Waals surface area contributed by atoms with Gasteiger partial charge in [0.15, 0.2) is 0 Å². The lowest BCUT2D eigenvalue weighted by atomic mass is 10.1. The van der Waals surface area contributed by atoms with Gasteiger partial charge in [0.2, 0.25) is 0 Å². The normalized spacial score (nSPS) is 23.1. The smallest absolute Gasteiger partial charge is 0.0331 e. The Morgan fingerprint density at radius 3 is 2.28 bits per heavy atom. The van der Waals surface area contributed by atoms with E-state index in [4.69, 9.17) is 0 Å². The van der Waals surface area contributed by atoms with Gasteiger partial charge in [-0.05, 0) is 24.1 Å². The predicted molar refractivity (Wildman–Crippen MR) is 77.9 cm³/mol. The molecule has 1 N–H and O–H groups in total. The van der Waals surface area contributed by atoms with E-state index < -0.39 is 0 Å². The lowest BCUT2D eigenvalue weighted by Crippen LogP contribution is -2.13. The summed E-state index contributed by atoms with van der Waals surface area (Å²) in [6.07, 6.45) is 1.21. The highest BCUT2D eigenvalue weighted by Gasteiger charge is 2.25. The minimum absolute atomic E-state index is 0.521. The van der Waals surface area contributed by atoms with E-state index in [0.29, 0.717) is 11.3 Å². The summed E-state index contributed by atoms with van der Waals surface area (Å²) in [6.45, 7) is 1.10. The van der Waals surface area contributed by atoms with Crippen molar-refractivity contribution >= 4 is 11.8 Å². The molecule has 0 saturated carbocycles. The Bertz CT molecular complexity index is 483. The summed E-state index contributed by atoms with van der Waals surface area (Å²) in [6, 6.07) is 22.0. The van der Waals surface area contributed by atoms with Crippen molar-refractivity contribution in [3.63, 3.8) is 0 Å². The van der Waals surface area contributed by atoms with Gasteiger partial charge in [-0.15, -0.1) is 11.8 Å². The van der Waals surface area contributed by atoms with Gasteiger partial charge in [0.05, 0.1) is 0 Å². The van der Waals surface area contributed by atoms with Gasteiger partial charge in [-0.3, -0.25) is 0 Å². The summed E-state index contributed by atoms with van der Waals surface area (Å²) >= 11 is 1.99. The van der Waals surface area contributed by atoms with Crippen LogP contribution < -0.4 is 5.32 Å². The van der Waals surface area contributed by atoms with Crippen LogP contribution in [0.15, 0.2) is 65.6 Å². The van der Waals surface area contributed by atoms with Crippen LogP contribution in [0.3, 0.4) is 0 Å². The van der Waals surface area contributed by atoms with Crippen molar-refractivity contribution in [3.05, 3.63) is 66.2 Å². The molecule has 92 valence electrons. The molecule has 3 rings (SSSR count). The Kier molecular flexibility index (Phi) is 3.67. The summed E-state index contributed by atoms with van der Waals surface area (Å²) in [5, 5.41) is 4.30. The van der Waals surface area contributed by atoms with Crippen LogP contribution in [0.5, 0.6) is 0 Å². The van der Waals surface area contributed by atoms with Gasteiger partial charge in [-0.25, -0.2) is 0 Å². The lowest BCUT2D eigenvalue weighted by Gasteiger charge is -2.10. The monoisotopic (exact) mass is 255 g/mol. The second kappa shape index (κ2) is 5.59. The molecule has 0 aliphatic carbocycles. The molecule has 1 saturated heterocycles. The minimum Gasteiger partial charge on any atom is -0.309 e.